The van der Waals surface area contributed by atoms with Crippen LogP contribution in [0.1, 0.15) is 225 Å². The lowest BCUT2D eigenvalue weighted by atomic mass is 9.44. The number of ether oxygens (including phenoxy) is 12. The number of ketones is 2. The first-order valence-electron chi connectivity index (χ1n) is 48.3. The molecule has 0 radical (unpaired) electrons. The van der Waals surface area contributed by atoms with Crippen LogP contribution in [0, 0.1) is 33.5 Å². The predicted octanol–water partition coefficient (Wildman–Crippen LogP) is 9.55. The van der Waals surface area contributed by atoms with Crippen molar-refractivity contribution in [3.63, 3.8) is 0 Å². The zero-order valence-electron chi connectivity index (χ0n) is 82.4. The van der Waals surface area contributed by atoms with Crippen molar-refractivity contribution < 1.29 is 164 Å². The third-order valence-electron chi connectivity index (χ3n) is 30.3. The quantitative estimate of drug-likeness (QED) is 0.00662. The van der Waals surface area contributed by atoms with E-state index >= 15 is 9.59 Å². The van der Waals surface area contributed by atoms with Gasteiger partial charge in [0.05, 0.1) is 71.3 Å². The van der Waals surface area contributed by atoms with Crippen LogP contribution in [0.5, 0.6) is 0 Å². The molecule has 3 heterocycles. The molecule has 6 unspecified atom stereocenters. The van der Waals surface area contributed by atoms with E-state index in [1.54, 1.807) is 185 Å². The van der Waals surface area contributed by atoms with Gasteiger partial charge in [-0.2, -0.15) is 0 Å². The summed E-state index contributed by atoms with van der Waals surface area (Å²) in [5, 5.41) is 67.1. The van der Waals surface area contributed by atoms with Crippen LogP contribution in [0.25, 0.3) is 0 Å². The minimum absolute atomic E-state index is 0.00916. The second-order valence-electron chi connectivity index (χ2n) is 39.7. The highest BCUT2D eigenvalue weighted by Gasteiger charge is 2.81. The minimum Gasteiger partial charge on any atom is -0.481 e. The second kappa shape index (κ2) is 43.5. The highest BCUT2D eigenvalue weighted by Crippen LogP contribution is 2.68. The smallest absolute Gasteiger partial charge is 0.338 e. The van der Waals surface area contributed by atoms with Gasteiger partial charge < -0.3 is 97.8 Å². The van der Waals surface area contributed by atoms with Gasteiger partial charge in [-0.1, -0.05) is 161 Å². The minimum atomic E-state index is -2.46. The lowest BCUT2D eigenvalue weighted by Gasteiger charge is -2.67. The number of aliphatic hydroxyl groups is 4. The first-order valence-corrected chi connectivity index (χ1v) is 48.3. The zero-order valence-corrected chi connectivity index (χ0v) is 82.4. The Labute approximate surface area is 835 Å². The molecule has 9 aliphatic rings. The monoisotopic (exact) mass is 2000 g/mol. The van der Waals surface area contributed by atoms with Crippen molar-refractivity contribution in [1.29, 1.82) is 0 Å². The van der Waals surface area contributed by atoms with Crippen molar-refractivity contribution in [1.82, 2.24) is 15.7 Å². The molecular formula is C108H121N3O34. The molecule has 0 spiro atoms. The van der Waals surface area contributed by atoms with Crippen molar-refractivity contribution in [3.8, 4) is 0 Å². The number of carboxylic acid groups (broad SMARTS) is 1. The fourth-order valence-corrected chi connectivity index (χ4v) is 22.8. The van der Waals surface area contributed by atoms with Gasteiger partial charge in [-0.3, -0.25) is 52.7 Å². The highest BCUT2D eigenvalue weighted by molar-refractivity contribution is 6.02. The van der Waals surface area contributed by atoms with Gasteiger partial charge in [-0.05, 0) is 135 Å². The van der Waals surface area contributed by atoms with Gasteiger partial charge in [0.25, 0.3) is 23.6 Å². The summed E-state index contributed by atoms with van der Waals surface area (Å²) in [6.07, 6.45) is -20.0. The molecule has 3 aliphatic heterocycles. The van der Waals surface area contributed by atoms with E-state index in [9.17, 15) is 92.7 Å². The molecule has 37 heteroatoms. The summed E-state index contributed by atoms with van der Waals surface area (Å²) in [6, 6.07) is 45.7. The Morgan fingerprint density at radius 2 is 0.766 bits per heavy atom. The molecule has 772 valence electrons. The van der Waals surface area contributed by atoms with E-state index in [4.69, 9.17) is 61.7 Å². The summed E-state index contributed by atoms with van der Waals surface area (Å²) in [5.74, 6) is -16.8. The summed E-state index contributed by atoms with van der Waals surface area (Å²) in [5.41, 5.74) is -14.3. The molecule has 37 nitrogen and oxygen atoms in total. The SMILES string of the molecule is CC(=O)OC1C(=O)[C@@]2(C)C([C@H](OC(=O)c3ccccc3)[C@]3(O)C[C@H](OC(=O)[C@H](O)[C@@H](NC(=O)c4ccccc4)c4ccccc4)C(C)=C1C3(C)C)[C@]1(OC(C)=O)COC1C[C@@H]2OCCCCC(=O)O.CC(=O)OC1C(=O)[C@@]2(C)C([C@H](OC(=O)c3ccccc3)[C@]3(O)C[C@H](OC(=O)[C@H](O)[C@@H](NC(=O)c4ccccc4)c4ccccc4)C(C)=C1C3(C)C)[C@]1(OC(C)=O)COC1C[C@@H]2OCCCCC(=O)ON1C(=O)CCC1=O. The van der Waals surface area contributed by atoms with E-state index in [1.165, 1.54) is 58.9 Å². The summed E-state index contributed by atoms with van der Waals surface area (Å²) >= 11 is 0. The molecule has 6 aromatic rings. The second-order valence-corrected chi connectivity index (χ2v) is 39.7. The number of benzene rings is 6. The number of nitrogens with one attached hydrogen (secondary N) is 2. The molecule has 6 aromatic carbocycles. The number of aliphatic carboxylic acids is 1. The van der Waals surface area contributed by atoms with Crippen LogP contribution < -0.4 is 10.6 Å². The number of esters is 8. The van der Waals surface area contributed by atoms with Gasteiger partial charge in [-0.25, -0.2) is 24.0 Å². The summed E-state index contributed by atoms with van der Waals surface area (Å²) in [7, 11) is 0. The Morgan fingerprint density at radius 3 is 1.08 bits per heavy atom. The first-order chi connectivity index (χ1) is 68.7. The molecule has 7 N–H and O–H groups in total. The van der Waals surface area contributed by atoms with Crippen LogP contribution in [0.4, 0.5) is 0 Å². The Morgan fingerprint density at radius 1 is 0.434 bits per heavy atom. The number of hydroxylamine groups is 2. The topological polar surface area (TPSA) is 522 Å². The number of imide groups is 1. The normalized spacial score (nSPS) is 29.5. The van der Waals surface area contributed by atoms with Crippen molar-refractivity contribution in [2.24, 2.45) is 33.5 Å². The molecule has 3 saturated heterocycles. The number of fused-ring (bicyclic) bond motifs is 10. The number of aliphatic hydroxyl groups excluding tert-OH is 2. The van der Waals surface area contributed by atoms with E-state index in [0.29, 0.717) is 16.2 Å². The van der Waals surface area contributed by atoms with Gasteiger partial charge >= 0.3 is 59.7 Å². The van der Waals surface area contributed by atoms with Crippen molar-refractivity contribution in [3.05, 3.63) is 238 Å². The number of carbonyl (C=O) groups is 16. The van der Waals surface area contributed by atoms with Crippen LogP contribution in [-0.2, 0) is 119 Å². The highest BCUT2D eigenvalue weighted by atomic mass is 16.7. The molecule has 7 fully saturated rings. The van der Waals surface area contributed by atoms with E-state index in [1.807, 2.05) is 0 Å². The summed E-state index contributed by atoms with van der Waals surface area (Å²) in [4.78, 5) is 224. The number of carbonyl (C=O) groups excluding carboxylic acids is 15. The molecule has 145 heavy (non-hydrogen) atoms. The average molecular weight is 2010 g/mol. The Balaban J connectivity index is 0.000000231. The van der Waals surface area contributed by atoms with Crippen LogP contribution in [0.15, 0.2) is 204 Å². The van der Waals surface area contributed by atoms with Gasteiger partial charge in [0.1, 0.15) is 47.8 Å². The maximum Gasteiger partial charge on any atom is 0.338 e. The summed E-state index contributed by atoms with van der Waals surface area (Å²) < 4.78 is 75.4. The van der Waals surface area contributed by atoms with Crippen molar-refractivity contribution in [2.75, 3.05) is 26.4 Å². The predicted molar refractivity (Wildman–Crippen MR) is 505 cm³/mol. The Kier molecular flexibility index (Phi) is 32.2. The zero-order chi connectivity index (χ0) is 105. The van der Waals surface area contributed by atoms with E-state index in [0.717, 1.165) is 20.8 Å². The third kappa shape index (κ3) is 20.9. The number of hydrogen-bond donors (Lipinski definition) is 7. The van der Waals surface area contributed by atoms with Crippen molar-refractivity contribution in [2.45, 2.75) is 268 Å². The van der Waals surface area contributed by atoms with E-state index in [-0.39, 0.29) is 135 Å². The van der Waals surface area contributed by atoms with Crippen LogP contribution >= 0.6 is 0 Å². The molecule has 15 rings (SSSR count). The lowest BCUT2D eigenvalue weighted by Crippen LogP contribution is -2.82. The fraction of sp³-hybridized carbons (Fsp3) is 0.481. The molecule has 4 saturated carbocycles. The van der Waals surface area contributed by atoms with E-state index < -0.39 is 249 Å². The first kappa shape index (κ1) is 107. The van der Waals surface area contributed by atoms with Gasteiger partial charge in [0, 0.05) is 114 Å². The number of unbranched alkanes of at least 4 members (excludes halogenated alkanes) is 2. The Hall–Kier alpha value is -13.4. The molecule has 6 aliphatic carbocycles. The molecule has 0 aromatic heterocycles. The average Bonchev–Trinajstić information content (AvgIpc) is 0.752. The third-order valence-corrected chi connectivity index (χ3v) is 30.3. The van der Waals surface area contributed by atoms with Crippen LogP contribution in [0.3, 0.4) is 0 Å². The van der Waals surface area contributed by atoms with Gasteiger partial charge in [0.2, 0.25) is 0 Å². The number of amides is 4. The molecule has 4 bridgehead atoms. The van der Waals surface area contributed by atoms with Crippen LogP contribution in [-0.4, -0.2) is 248 Å². The van der Waals surface area contributed by atoms with Crippen molar-refractivity contribution >= 4 is 94.9 Å². The fourth-order valence-electron chi connectivity index (χ4n) is 22.8. The number of rotatable bonds is 33. The molecular weight excluding hydrogens is 1880 g/mol. The number of carboxylic acids is 1. The number of nitrogens with zero attached hydrogens (tertiary/aromatic N) is 1. The largest absolute Gasteiger partial charge is 0.481 e. The molecule has 4 amide bonds. The van der Waals surface area contributed by atoms with E-state index in [2.05, 4.69) is 10.6 Å². The summed E-state index contributed by atoms with van der Waals surface area (Å²) in [6.45, 7) is 16.0. The number of hydrogen-bond acceptors (Lipinski definition) is 33. The maximum absolute atomic E-state index is 16.2. The van der Waals surface area contributed by atoms with Gasteiger partial charge in [0.15, 0.2) is 47.2 Å². The standard InChI is InChI=1S/C56H62N2O18.C52H59NO16/c1-31-37(73-52(68)45(64)44(34-18-10-7-11-19-34)57-50(66)35-20-12-8-13-21-35)29-56(69)49(74-51(67)36-22-14-9-15-23-36)47-54(6,48(65)46(72-32(2)59)43(31)53(56,4)5)38(28-39-55(47,30-71-39)75-33(3)60)70-27-17-16-24-42(63)76-58-40(61)25-26-41(58)62;1-29-35(67-48(62)41(58)40(32-18-10-7-11-19-32)53-46(60)33-20-12-8-13-21-33)27-52(63)45(68-47(61)34-22-14-9-15-23-34)43-50(6,44(59)42(66-30(2)54)39(29)49(52,4)5)36(64-25-17-16-24-38(56)57)26-37-51(43,28-65-37)69-31(3)55/h7-15,18-23,37-39,44-47,49,64,69H,16-17,24-30H2,1-6H3,(H,57,66);7-15,18-23,35-37,40-43,45,58,63H,16-17,24-28H2,1-6H3,(H,53,60)(H,56,57)/t37-,38-,39?,44-,45+,46?,47?,49-,54+,55-,56+;35-,36-,37?,40-,41+,42?,43?,45-,50+,51-,52+/m00/s1. The lowest BCUT2D eigenvalue weighted by molar-refractivity contribution is -0.348. The maximum atomic E-state index is 16.2. The van der Waals surface area contributed by atoms with Gasteiger partial charge in [-0.15, -0.1) is 5.06 Å². The molecule has 22 atom stereocenters. The number of Topliss-reactive ketones (excluding diaryl/α,β-unsaturated/α-hetero) is 2. The Bertz CT molecular complexity index is 5980. The van der Waals surface area contributed by atoms with Crippen LogP contribution in [0.2, 0.25) is 0 Å².